The lowest BCUT2D eigenvalue weighted by Gasteiger charge is -2.38. The highest BCUT2D eigenvalue weighted by molar-refractivity contribution is 7.89. The van der Waals surface area contributed by atoms with Gasteiger partial charge < -0.3 is 21.1 Å². The van der Waals surface area contributed by atoms with Crippen LogP contribution < -0.4 is 16.0 Å². The highest BCUT2D eigenvalue weighted by atomic mass is 32.2. The summed E-state index contributed by atoms with van der Waals surface area (Å²) in [5.74, 6) is -0.671. The second-order valence-electron chi connectivity index (χ2n) is 10.4. The van der Waals surface area contributed by atoms with Crippen molar-refractivity contribution in [3.63, 3.8) is 0 Å². The number of halogens is 4. The van der Waals surface area contributed by atoms with Gasteiger partial charge in [0, 0.05) is 24.5 Å². The molecule has 9 nitrogen and oxygen atoms in total. The number of rotatable bonds is 8. The molecule has 41 heavy (non-hydrogen) atoms. The zero-order chi connectivity index (χ0) is 29.3. The monoisotopic (exact) mass is 594 g/mol. The average molecular weight is 595 g/mol. The Hall–Kier alpha value is -3.33. The van der Waals surface area contributed by atoms with E-state index in [1.807, 2.05) is 0 Å². The van der Waals surface area contributed by atoms with Crippen LogP contribution in [0, 0.1) is 11.7 Å². The van der Waals surface area contributed by atoms with Crippen LogP contribution >= 0.6 is 0 Å². The number of hydrogen-bond donors (Lipinski definition) is 4. The van der Waals surface area contributed by atoms with Crippen molar-refractivity contribution in [3.05, 3.63) is 66.1 Å². The average Bonchev–Trinajstić information content (AvgIpc) is 3.43. The van der Waals surface area contributed by atoms with Crippen LogP contribution in [0.5, 0.6) is 0 Å². The number of anilines is 4. The van der Waals surface area contributed by atoms with E-state index in [9.17, 15) is 31.1 Å². The molecule has 3 aromatic rings. The maximum Gasteiger partial charge on any atom is 0.416 e. The highest BCUT2D eigenvalue weighted by Gasteiger charge is 2.39. The third-order valence-electron chi connectivity index (χ3n) is 7.45. The fourth-order valence-electron chi connectivity index (χ4n) is 5.16. The summed E-state index contributed by atoms with van der Waals surface area (Å²) in [7, 11) is -3.77. The Kier molecular flexibility index (Phi) is 8.19. The summed E-state index contributed by atoms with van der Waals surface area (Å²) in [6.45, 7) is 2.29. The number of piperidine rings is 1. The minimum Gasteiger partial charge on any atom is -0.390 e. The van der Waals surface area contributed by atoms with E-state index in [1.165, 1.54) is 28.6 Å². The van der Waals surface area contributed by atoms with Gasteiger partial charge in [-0.05, 0) is 93.2 Å². The molecule has 0 spiro atoms. The smallest absolute Gasteiger partial charge is 0.390 e. The Morgan fingerprint density at radius 1 is 1.02 bits per heavy atom. The van der Waals surface area contributed by atoms with Gasteiger partial charge in [-0.2, -0.15) is 22.5 Å². The van der Waals surface area contributed by atoms with Crippen LogP contribution in [-0.4, -0.2) is 59.6 Å². The van der Waals surface area contributed by atoms with Crippen molar-refractivity contribution >= 4 is 33.2 Å². The van der Waals surface area contributed by atoms with Crippen LogP contribution in [0.25, 0.3) is 0 Å². The number of hydrogen-bond acceptors (Lipinski definition) is 8. The van der Waals surface area contributed by atoms with Gasteiger partial charge in [-0.3, -0.25) is 0 Å². The van der Waals surface area contributed by atoms with Crippen LogP contribution in [0.3, 0.4) is 0 Å². The van der Waals surface area contributed by atoms with Gasteiger partial charge in [-0.25, -0.2) is 17.8 Å². The first-order valence-electron chi connectivity index (χ1n) is 13.2. The maximum atomic E-state index is 14.3. The number of aromatic nitrogens is 2. The standard InChI is InChI=1S/C27H30F4N6O3S/c28-23-17-33-25(36-24(23)34-20-3-1-19(2-4-20)27(29,30)31)35-21-5-7-22(8-6-21)41(39,40)37-13-10-26(38,11-14-37)15-18-9-12-32-16-18/h1-8,17-18,32,38H,9-16H2,(H2,33,34,35,36). The summed E-state index contributed by atoms with van der Waals surface area (Å²) in [4.78, 5) is 8.02. The molecular formula is C27H30F4N6O3S. The molecule has 0 bridgehead atoms. The lowest BCUT2D eigenvalue weighted by atomic mass is 9.83. The van der Waals surface area contributed by atoms with Crippen LogP contribution in [0.1, 0.15) is 31.2 Å². The van der Waals surface area contributed by atoms with Crippen molar-refractivity contribution in [1.29, 1.82) is 0 Å². The van der Waals surface area contributed by atoms with Gasteiger partial charge in [-0.1, -0.05) is 0 Å². The van der Waals surface area contributed by atoms with Crippen LogP contribution in [0.2, 0.25) is 0 Å². The molecule has 1 aromatic heterocycles. The van der Waals surface area contributed by atoms with E-state index in [2.05, 4.69) is 25.9 Å². The number of aliphatic hydroxyl groups is 1. The predicted molar refractivity (Wildman–Crippen MR) is 145 cm³/mol. The van der Waals surface area contributed by atoms with Crippen LogP contribution in [0.4, 0.5) is 40.7 Å². The molecule has 5 rings (SSSR count). The number of alkyl halides is 3. The van der Waals surface area contributed by atoms with Crippen molar-refractivity contribution in [2.45, 2.75) is 42.4 Å². The molecule has 1 atom stereocenters. The van der Waals surface area contributed by atoms with Crippen molar-refractivity contribution in [2.24, 2.45) is 5.92 Å². The third kappa shape index (κ3) is 6.94. The Bertz CT molecular complexity index is 1460. The first-order chi connectivity index (χ1) is 19.4. The van der Waals surface area contributed by atoms with Crippen LogP contribution in [-0.2, 0) is 16.2 Å². The summed E-state index contributed by atoms with van der Waals surface area (Å²) in [5, 5.41) is 19.8. The molecule has 1 unspecified atom stereocenters. The molecule has 2 fully saturated rings. The molecule has 2 aromatic carbocycles. The first kappa shape index (κ1) is 29.2. The lowest BCUT2D eigenvalue weighted by molar-refractivity contribution is -0.137. The molecule has 2 saturated heterocycles. The van der Waals surface area contributed by atoms with Gasteiger partial charge in [-0.15, -0.1) is 0 Å². The summed E-state index contributed by atoms with van der Waals surface area (Å²) in [6.07, 6.45) is -1.13. The van der Waals surface area contributed by atoms with Gasteiger partial charge >= 0.3 is 6.18 Å². The van der Waals surface area contributed by atoms with Gasteiger partial charge in [0.1, 0.15) is 0 Å². The van der Waals surface area contributed by atoms with Crippen LogP contribution in [0.15, 0.2) is 59.6 Å². The Morgan fingerprint density at radius 2 is 1.66 bits per heavy atom. The van der Waals surface area contributed by atoms with Gasteiger partial charge in [0.25, 0.3) is 0 Å². The fourth-order valence-corrected chi connectivity index (χ4v) is 6.60. The topological polar surface area (TPSA) is 119 Å². The largest absolute Gasteiger partial charge is 0.416 e. The molecule has 0 saturated carbocycles. The molecule has 2 aliphatic heterocycles. The van der Waals surface area contributed by atoms with Gasteiger partial charge in [0.15, 0.2) is 11.6 Å². The van der Waals surface area contributed by atoms with Gasteiger partial charge in [0.05, 0.1) is 22.3 Å². The van der Waals surface area contributed by atoms with E-state index >= 15 is 0 Å². The molecule has 14 heteroatoms. The molecular weight excluding hydrogens is 564 g/mol. The molecule has 0 aliphatic carbocycles. The maximum absolute atomic E-state index is 14.3. The molecule has 2 aliphatic rings. The van der Waals surface area contributed by atoms with E-state index in [0.29, 0.717) is 30.9 Å². The van der Waals surface area contributed by atoms with Crippen molar-refractivity contribution in [3.8, 4) is 0 Å². The molecule has 0 amide bonds. The van der Waals surface area contributed by atoms with E-state index < -0.39 is 33.2 Å². The number of nitrogens with one attached hydrogen (secondary N) is 3. The SMILES string of the molecule is O=S(=O)(c1ccc(Nc2ncc(F)c(Nc3ccc(C(F)(F)F)cc3)n2)cc1)N1CCC(O)(CC2CCNC2)CC1. The number of sulfonamides is 1. The van der Waals surface area contributed by atoms with Crippen molar-refractivity contribution in [2.75, 3.05) is 36.8 Å². The highest BCUT2D eigenvalue weighted by Crippen LogP contribution is 2.34. The Morgan fingerprint density at radius 3 is 2.27 bits per heavy atom. The van der Waals surface area contributed by atoms with E-state index in [-0.39, 0.29) is 35.4 Å². The second kappa shape index (κ2) is 11.5. The summed E-state index contributed by atoms with van der Waals surface area (Å²) in [5.41, 5.74) is -1.05. The Balaban J connectivity index is 1.21. The molecule has 220 valence electrons. The molecule has 4 N–H and O–H groups in total. The number of benzene rings is 2. The quantitative estimate of drug-likeness (QED) is 0.279. The van der Waals surface area contributed by atoms with Crippen molar-refractivity contribution < 1.29 is 31.1 Å². The van der Waals surface area contributed by atoms with E-state index in [4.69, 9.17) is 0 Å². The summed E-state index contributed by atoms with van der Waals surface area (Å²) in [6, 6.07) is 9.98. The molecule has 0 radical (unpaired) electrons. The minimum atomic E-state index is -4.49. The predicted octanol–water partition coefficient (Wildman–Crippen LogP) is 4.64. The lowest BCUT2D eigenvalue weighted by Crippen LogP contribution is -2.47. The zero-order valence-corrected chi connectivity index (χ0v) is 22.8. The van der Waals surface area contributed by atoms with E-state index in [1.54, 1.807) is 0 Å². The third-order valence-corrected chi connectivity index (χ3v) is 9.36. The first-order valence-corrected chi connectivity index (χ1v) is 14.6. The minimum absolute atomic E-state index is 0.0100. The second-order valence-corrected chi connectivity index (χ2v) is 12.4. The zero-order valence-electron chi connectivity index (χ0n) is 22.0. The normalized spacial score (nSPS) is 19.7. The fraction of sp³-hybridized carbons (Fsp3) is 0.407. The Labute approximate surface area is 235 Å². The summed E-state index contributed by atoms with van der Waals surface area (Å²) < 4.78 is 80.5. The number of nitrogens with zero attached hydrogens (tertiary/aromatic N) is 3. The van der Waals surface area contributed by atoms with Gasteiger partial charge in [0.2, 0.25) is 16.0 Å². The summed E-state index contributed by atoms with van der Waals surface area (Å²) >= 11 is 0. The molecule has 3 heterocycles. The van der Waals surface area contributed by atoms with E-state index in [0.717, 1.165) is 50.0 Å². The van der Waals surface area contributed by atoms with Crippen molar-refractivity contribution in [1.82, 2.24) is 19.6 Å².